The fourth-order valence-electron chi connectivity index (χ4n) is 2.57. The summed E-state index contributed by atoms with van der Waals surface area (Å²) in [5.74, 6) is 0.0381. The average Bonchev–Trinajstić information content (AvgIpc) is 3.03. The van der Waals surface area contributed by atoms with E-state index in [1.807, 2.05) is 26.0 Å². The van der Waals surface area contributed by atoms with Gasteiger partial charge in [0, 0.05) is 11.8 Å². The molecule has 1 aromatic carbocycles. The number of rotatable bonds is 6. The molecule has 148 valence electrons. The summed E-state index contributed by atoms with van der Waals surface area (Å²) < 4.78 is 28.4. The van der Waals surface area contributed by atoms with Crippen molar-refractivity contribution >= 4 is 15.7 Å². The van der Waals surface area contributed by atoms with Crippen molar-refractivity contribution in [1.29, 1.82) is 0 Å². The molecule has 0 radical (unpaired) electrons. The van der Waals surface area contributed by atoms with Gasteiger partial charge >= 0.3 is 5.22 Å². The maximum Gasteiger partial charge on any atom is 0.335 e. The zero-order chi connectivity index (χ0) is 20.4. The molecule has 0 saturated heterocycles. The molecule has 0 aliphatic rings. The fraction of sp³-hybridized carbons (Fsp3) is 0.526. The number of hydrogen-bond donors (Lipinski definition) is 1. The third kappa shape index (κ3) is 5.63. The molecule has 1 N–H and O–H groups in total. The van der Waals surface area contributed by atoms with E-state index in [0.29, 0.717) is 12.0 Å². The molecule has 0 aliphatic heterocycles. The van der Waals surface area contributed by atoms with Gasteiger partial charge in [0.1, 0.15) is 6.04 Å². The maximum atomic E-state index is 12.7. The van der Waals surface area contributed by atoms with Crippen LogP contribution in [0.25, 0.3) is 0 Å². The highest BCUT2D eigenvalue weighted by Gasteiger charge is 2.25. The Morgan fingerprint density at radius 1 is 1.15 bits per heavy atom. The average molecular weight is 394 g/mol. The molecule has 1 amide bonds. The van der Waals surface area contributed by atoms with Crippen molar-refractivity contribution in [3.05, 3.63) is 41.3 Å². The van der Waals surface area contributed by atoms with E-state index in [2.05, 4.69) is 36.3 Å². The lowest BCUT2D eigenvalue weighted by Gasteiger charge is -2.20. The standard InChI is InChI=1S/C19H27N3O4S/c1-12(2)11-15(17-21-22-18(26-17)27(6,24)25)20-16(23)13-7-9-14(10-8-13)19(3,4)5/h7-10,12,15H,11H2,1-6H3,(H,20,23)/t15-/m0/s1. The van der Waals surface area contributed by atoms with Crippen molar-refractivity contribution in [1.82, 2.24) is 15.5 Å². The molecular formula is C19H27N3O4S. The highest BCUT2D eigenvalue weighted by atomic mass is 32.2. The van der Waals surface area contributed by atoms with Crippen LogP contribution < -0.4 is 5.32 Å². The van der Waals surface area contributed by atoms with Crippen LogP contribution >= 0.6 is 0 Å². The number of sulfone groups is 1. The molecule has 0 bridgehead atoms. The summed E-state index contributed by atoms with van der Waals surface area (Å²) in [4.78, 5) is 12.7. The van der Waals surface area contributed by atoms with Crippen molar-refractivity contribution in [2.45, 2.75) is 57.7 Å². The van der Waals surface area contributed by atoms with Gasteiger partial charge in [0.15, 0.2) is 0 Å². The molecule has 1 atom stereocenters. The lowest BCUT2D eigenvalue weighted by atomic mass is 9.86. The van der Waals surface area contributed by atoms with E-state index >= 15 is 0 Å². The number of hydrogen-bond acceptors (Lipinski definition) is 6. The van der Waals surface area contributed by atoms with Gasteiger partial charge in [-0.25, -0.2) is 8.42 Å². The molecule has 8 heteroatoms. The topological polar surface area (TPSA) is 102 Å². The summed E-state index contributed by atoms with van der Waals surface area (Å²) in [6.07, 6.45) is 1.54. The van der Waals surface area contributed by atoms with E-state index in [1.54, 1.807) is 12.1 Å². The number of nitrogens with zero attached hydrogens (tertiary/aromatic N) is 2. The van der Waals surface area contributed by atoms with E-state index in [-0.39, 0.29) is 23.1 Å². The largest absolute Gasteiger partial charge is 0.410 e. The van der Waals surface area contributed by atoms with Crippen molar-refractivity contribution in [2.75, 3.05) is 6.26 Å². The van der Waals surface area contributed by atoms with Crippen LogP contribution in [-0.2, 0) is 15.3 Å². The Hall–Kier alpha value is -2.22. The van der Waals surface area contributed by atoms with Crippen LogP contribution in [0, 0.1) is 5.92 Å². The van der Waals surface area contributed by atoms with E-state index in [4.69, 9.17) is 4.42 Å². The second-order valence-corrected chi connectivity index (χ2v) is 10.1. The van der Waals surface area contributed by atoms with E-state index in [0.717, 1.165) is 11.8 Å². The van der Waals surface area contributed by atoms with Gasteiger partial charge < -0.3 is 9.73 Å². The van der Waals surface area contributed by atoms with Crippen molar-refractivity contribution < 1.29 is 17.6 Å². The summed E-state index contributed by atoms with van der Waals surface area (Å²) in [6.45, 7) is 10.3. The normalized spacial score (nSPS) is 13.6. The first-order valence-electron chi connectivity index (χ1n) is 8.83. The van der Waals surface area contributed by atoms with Crippen LogP contribution in [0.1, 0.15) is 68.9 Å². The van der Waals surface area contributed by atoms with Gasteiger partial charge in [-0.15, -0.1) is 5.10 Å². The summed E-state index contributed by atoms with van der Waals surface area (Å²) in [5, 5.41) is 9.82. The lowest BCUT2D eigenvalue weighted by Crippen LogP contribution is -2.30. The van der Waals surface area contributed by atoms with Gasteiger partial charge in [-0.3, -0.25) is 4.79 Å². The molecule has 0 saturated carbocycles. The molecule has 27 heavy (non-hydrogen) atoms. The van der Waals surface area contributed by atoms with Crippen LogP contribution in [0.4, 0.5) is 0 Å². The maximum absolute atomic E-state index is 12.7. The van der Waals surface area contributed by atoms with Crippen LogP contribution in [0.15, 0.2) is 33.9 Å². The van der Waals surface area contributed by atoms with E-state index in [1.165, 1.54) is 0 Å². The first-order chi connectivity index (χ1) is 12.4. The molecule has 0 unspecified atom stereocenters. The summed E-state index contributed by atoms with van der Waals surface area (Å²) >= 11 is 0. The van der Waals surface area contributed by atoms with Gasteiger partial charge in [-0.1, -0.05) is 51.9 Å². The molecule has 0 fully saturated rings. The molecule has 0 spiro atoms. The number of benzene rings is 1. The third-order valence-corrected chi connectivity index (χ3v) is 4.86. The predicted molar refractivity (Wildman–Crippen MR) is 102 cm³/mol. The van der Waals surface area contributed by atoms with Gasteiger partial charge in [0.25, 0.3) is 5.91 Å². The molecule has 0 aliphatic carbocycles. The first kappa shape index (κ1) is 21.1. The second kappa shape index (κ2) is 7.80. The molecule has 2 aromatic rings. The number of amides is 1. The predicted octanol–water partition coefficient (Wildman–Crippen LogP) is 3.29. The van der Waals surface area contributed by atoms with Crippen LogP contribution in [-0.4, -0.2) is 30.8 Å². The molecule has 1 heterocycles. The van der Waals surface area contributed by atoms with Crippen LogP contribution in [0.5, 0.6) is 0 Å². The minimum absolute atomic E-state index is 0.000979. The summed E-state index contributed by atoms with van der Waals surface area (Å²) in [5.41, 5.74) is 1.65. The Morgan fingerprint density at radius 2 is 1.74 bits per heavy atom. The minimum Gasteiger partial charge on any atom is -0.410 e. The fourth-order valence-corrected chi connectivity index (χ4v) is 2.99. The van der Waals surface area contributed by atoms with Gasteiger partial charge in [-0.05, 0) is 35.4 Å². The zero-order valence-corrected chi connectivity index (χ0v) is 17.4. The molecule has 1 aromatic heterocycles. The van der Waals surface area contributed by atoms with E-state index in [9.17, 15) is 13.2 Å². The summed E-state index contributed by atoms with van der Waals surface area (Å²) in [7, 11) is -3.60. The van der Waals surface area contributed by atoms with Gasteiger partial charge in [0.05, 0.1) is 0 Å². The Bertz CT molecular complexity index is 894. The third-order valence-electron chi connectivity index (χ3n) is 4.06. The monoisotopic (exact) mass is 393 g/mol. The van der Waals surface area contributed by atoms with Crippen molar-refractivity contribution in [2.24, 2.45) is 5.92 Å². The Kier molecular flexibility index (Phi) is 6.09. The Labute approximate surface area is 160 Å². The highest BCUT2D eigenvalue weighted by Crippen LogP contribution is 2.24. The van der Waals surface area contributed by atoms with Crippen molar-refractivity contribution in [3.63, 3.8) is 0 Å². The lowest BCUT2D eigenvalue weighted by molar-refractivity contribution is 0.0923. The molecule has 2 rings (SSSR count). The van der Waals surface area contributed by atoms with Crippen molar-refractivity contribution in [3.8, 4) is 0 Å². The van der Waals surface area contributed by atoms with Gasteiger partial charge in [0.2, 0.25) is 15.7 Å². The Balaban J connectivity index is 2.23. The van der Waals surface area contributed by atoms with Gasteiger partial charge in [-0.2, -0.15) is 0 Å². The second-order valence-electron chi connectivity index (χ2n) is 8.16. The Morgan fingerprint density at radius 3 is 2.19 bits per heavy atom. The number of aromatic nitrogens is 2. The smallest absolute Gasteiger partial charge is 0.335 e. The van der Waals surface area contributed by atoms with E-state index < -0.39 is 21.1 Å². The van der Waals surface area contributed by atoms with Crippen LogP contribution in [0.3, 0.4) is 0 Å². The number of carbonyl (C=O) groups excluding carboxylic acids is 1. The van der Waals surface area contributed by atoms with Crippen LogP contribution in [0.2, 0.25) is 0 Å². The SMILES string of the molecule is CC(C)C[C@H](NC(=O)c1ccc(C(C)(C)C)cc1)c1nnc(S(C)(=O)=O)o1. The molecular weight excluding hydrogens is 366 g/mol. The number of carbonyl (C=O) groups is 1. The first-order valence-corrected chi connectivity index (χ1v) is 10.7. The zero-order valence-electron chi connectivity index (χ0n) is 16.6. The summed E-state index contributed by atoms with van der Waals surface area (Å²) in [6, 6.07) is 6.85. The minimum atomic E-state index is -3.60. The quantitative estimate of drug-likeness (QED) is 0.808. The number of nitrogens with one attached hydrogen (secondary N) is 1. The highest BCUT2D eigenvalue weighted by molar-refractivity contribution is 7.90. The molecule has 7 nitrogen and oxygen atoms in total.